The van der Waals surface area contributed by atoms with Gasteiger partial charge in [0, 0.05) is 6.54 Å². The Hall–Kier alpha value is -1.19. The molecule has 1 unspecified atom stereocenters. The van der Waals surface area contributed by atoms with Crippen molar-refractivity contribution in [1.29, 1.82) is 5.26 Å². The van der Waals surface area contributed by atoms with E-state index in [2.05, 4.69) is 16.3 Å². The fourth-order valence-electron chi connectivity index (χ4n) is 1.13. The Morgan fingerprint density at radius 1 is 1.64 bits per heavy atom. The smallest absolute Gasteiger partial charge is 0.203 e. The van der Waals surface area contributed by atoms with E-state index in [4.69, 9.17) is 11.0 Å². The van der Waals surface area contributed by atoms with E-state index in [1.54, 1.807) is 0 Å². The molecule has 1 aromatic rings. The number of aromatic nitrogens is 2. The van der Waals surface area contributed by atoms with Crippen LogP contribution in [0.3, 0.4) is 0 Å². The average Bonchev–Trinajstić information content (AvgIpc) is 2.50. The molecule has 0 aliphatic rings. The predicted octanol–water partition coefficient (Wildman–Crippen LogP) is 0.712. The van der Waals surface area contributed by atoms with Crippen LogP contribution in [0.25, 0.3) is 0 Å². The van der Waals surface area contributed by atoms with Crippen LogP contribution < -0.4 is 5.73 Å². The van der Waals surface area contributed by atoms with E-state index in [1.165, 1.54) is 11.3 Å². The van der Waals surface area contributed by atoms with Crippen molar-refractivity contribution in [2.24, 2.45) is 5.92 Å². The van der Waals surface area contributed by atoms with Crippen LogP contribution in [-0.4, -0.2) is 28.7 Å². The van der Waals surface area contributed by atoms with Gasteiger partial charge < -0.3 is 5.73 Å². The van der Waals surface area contributed by atoms with Gasteiger partial charge in [0.05, 0.1) is 18.5 Å². The van der Waals surface area contributed by atoms with Gasteiger partial charge in [-0.15, -0.1) is 10.2 Å². The summed E-state index contributed by atoms with van der Waals surface area (Å²) in [5.74, 6) is 0.0327. The Morgan fingerprint density at radius 2 is 2.36 bits per heavy atom. The fraction of sp³-hybridized carbons (Fsp3) is 0.625. The number of nitrogens with two attached hydrogens (primary N) is 1. The van der Waals surface area contributed by atoms with Gasteiger partial charge in [-0.3, -0.25) is 4.90 Å². The highest BCUT2D eigenvalue weighted by Crippen LogP contribution is 2.13. The summed E-state index contributed by atoms with van der Waals surface area (Å²) in [6.07, 6.45) is 0. The van der Waals surface area contributed by atoms with Crippen LogP contribution in [0.2, 0.25) is 0 Å². The topological polar surface area (TPSA) is 78.8 Å². The maximum Gasteiger partial charge on any atom is 0.203 e. The highest BCUT2D eigenvalue weighted by Gasteiger charge is 2.08. The average molecular weight is 211 g/mol. The van der Waals surface area contributed by atoms with Crippen LogP contribution in [0.15, 0.2) is 0 Å². The number of anilines is 1. The van der Waals surface area contributed by atoms with Crippen molar-refractivity contribution in [3.8, 4) is 6.07 Å². The summed E-state index contributed by atoms with van der Waals surface area (Å²) in [5.41, 5.74) is 5.46. The zero-order valence-electron chi connectivity index (χ0n) is 8.27. The summed E-state index contributed by atoms with van der Waals surface area (Å²) in [6.45, 7) is 3.32. The molecule has 0 aromatic carbocycles. The SMILES string of the molecule is CC(C#N)CN(C)Cc1nnc(N)s1. The van der Waals surface area contributed by atoms with Crippen molar-refractivity contribution in [3.63, 3.8) is 0 Å². The number of rotatable bonds is 4. The van der Waals surface area contributed by atoms with E-state index < -0.39 is 0 Å². The molecule has 2 N–H and O–H groups in total. The maximum atomic E-state index is 8.63. The van der Waals surface area contributed by atoms with Crippen molar-refractivity contribution in [2.45, 2.75) is 13.5 Å². The predicted molar refractivity (Wildman–Crippen MR) is 55.4 cm³/mol. The van der Waals surface area contributed by atoms with E-state index in [-0.39, 0.29) is 5.92 Å². The first-order chi connectivity index (χ1) is 6.61. The summed E-state index contributed by atoms with van der Waals surface area (Å²) in [7, 11) is 1.95. The fourth-order valence-corrected chi connectivity index (χ4v) is 1.82. The van der Waals surface area contributed by atoms with E-state index in [1.807, 2.05) is 18.9 Å². The summed E-state index contributed by atoms with van der Waals surface area (Å²) in [4.78, 5) is 2.04. The van der Waals surface area contributed by atoms with Crippen molar-refractivity contribution in [3.05, 3.63) is 5.01 Å². The molecule has 1 heterocycles. The third-order valence-corrected chi connectivity index (χ3v) is 2.43. The third-order valence-electron chi connectivity index (χ3n) is 1.69. The number of hydrogen-bond acceptors (Lipinski definition) is 6. The molecular formula is C8H13N5S. The van der Waals surface area contributed by atoms with Gasteiger partial charge in [-0.05, 0) is 14.0 Å². The van der Waals surface area contributed by atoms with Crippen molar-refractivity contribution in [2.75, 3.05) is 19.3 Å². The molecule has 0 spiro atoms. The molecule has 6 heteroatoms. The maximum absolute atomic E-state index is 8.63. The Morgan fingerprint density at radius 3 is 2.86 bits per heavy atom. The first-order valence-electron chi connectivity index (χ1n) is 4.28. The number of nitrogen functional groups attached to an aromatic ring is 1. The van der Waals surface area contributed by atoms with Gasteiger partial charge in [-0.2, -0.15) is 5.26 Å². The van der Waals surface area contributed by atoms with Crippen molar-refractivity contribution in [1.82, 2.24) is 15.1 Å². The van der Waals surface area contributed by atoms with Crippen LogP contribution in [0.1, 0.15) is 11.9 Å². The highest BCUT2D eigenvalue weighted by atomic mass is 32.1. The minimum absolute atomic E-state index is 0.0327. The summed E-state index contributed by atoms with van der Waals surface area (Å²) < 4.78 is 0. The first kappa shape index (κ1) is 10.9. The van der Waals surface area contributed by atoms with Gasteiger partial charge in [-0.1, -0.05) is 11.3 Å². The molecule has 0 saturated heterocycles. The Kier molecular flexibility index (Phi) is 3.80. The van der Waals surface area contributed by atoms with Crippen LogP contribution >= 0.6 is 11.3 Å². The molecule has 0 aliphatic carbocycles. The molecule has 1 aromatic heterocycles. The quantitative estimate of drug-likeness (QED) is 0.793. The lowest BCUT2D eigenvalue weighted by Crippen LogP contribution is -2.23. The second kappa shape index (κ2) is 4.88. The monoisotopic (exact) mass is 211 g/mol. The highest BCUT2D eigenvalue weighted by molar-refractivity contribution is 7.15. The second-order valence-electron chi connectivity index (χ2n) is 3.26. The molecule has 0 saturated carbocycles. The number of nitriles is 1. The Balaban J connectivity index is 2.42. The van der Waals surface area contributed by atoms with Gasteiger partial charge in [0.2, 0.25) is 5.13 Å². The third kappa shape index (κ3) is 3.28. The van der Waals surface area contributed by atoms with Gasteiger partial charge >= 0.3 is 0 Å². The molecule has 0 bridgehead atoms. The van der Waals surface area contributed by atoms with Crippen molar-refractivity contribution >= 4 is 16.5 Å². The van der Waals surface area contributed by atoms with Gasteiger partial charge in [0.25, 0.3) is 0 Å². The van der Waals surface area contributed by atoms with Crippen LogP contribution in [0.5, 0.6) is 0 Å². The normalized spacial score (nSPS) is 12.7. The minimum Gasteiger partial charge on any atom is -0.374 e. The van der Waals surface area contributed by atoms with E-state index >= 15 is 0 Å². The molecule has 1 atom stereocenters. The molecule has 0 aliphatic heterocycles. The first-order valence-corrected chi connectivity index (χ1v) is 5.09. The molecule has 0 radical (unpaired) electrons. The lowest BCUT2D eigenvalue weighted by atomic mass is 10.2. The molecular weight excluding hydrogens is 198 g/mol. The molecule has 0 amide bonds. The van der Waals surface area contributed by atoms with Gasteiger partial charge in [0.1, 0.15) is 5.01 Å². The van der Waals surface area contributed by atoms with Crippen LogP contribution in [-0.2, 0) is 6.54 Å². The molecule has 0 fully saturated rings. The zero-order valence-corrected chi connectivity index (χ0v) is 9.08. The molecule has 76 valence electrons. The number of nitrogens with zero attached hydrogens (tertiary/aromatic N) is 4. The lowest BCUT2D eigenvalue weighted by Gasteiger charge is -2.15. The molecule has 5 nitrogen and oxygen atoms in total. The van der Waals surface area contributed by atoms with Gasteiger partial charge in [-0.25, -0.2) is 0 Å². The van der Waals surface area contributed by atoms with Crippen LogP contribution in [0, 0.1) is 17.2 Å². The summed E-state index contributed by atoms with van der Waals surface area (Å²) in [6, 6.07) is 2.19. The Labute approximate surface area is 87.2 Å². The lowest BCUT2D eigenvalue weighted by molar-refractivity contribution is 0.302. The summed E-state index contributed by atoms with van der Waals surface area (Å²) in [5, 5.41) is 17.6. The van der Waals surface area contributed by atoms with Crippen LogP contribution in [0.4, 0.5) is 5.13 Å². The van der Waals surface area contributed by atoms with E-state index in [9.17, 15) is 0 Å². The van der Waals surface area contributed by atoms with Gasteiger partial charge in [0.15, 0.2) is 0 Å². The number of hydrogen-bond donors (Lipinski definition) is 1. The second-order valence-corrected chi connectivity index (χ2v) is 4.35. The zero-order chi connectivity index (χ0) is 10.6. The Bertz CT molecular complexity index is 329. The van der Waals surface area contributed by atoms with Crippen molar-refractivity contribution < 1.29 is 0 Å². The minimum atomic E-state index is 0.0327. The summed E-state index contributed by atoms with van der Waals surface area (Å²) >= 11 is 1.38. The van der Waals surface area contributed by atoms with E-state index in [0.29, 0.717) is 11.7 Å². The molecule has 1 rings (SSSR count). The molecule has 14 heavy (non-hydrogen) atoms. The standard InChI is InChI=1S/C8H13N5S/c1-6(3-9)4-13(2)5-7-11-12-8(10)14-7/h6H,4-5H2,1-2H3,(H2,10,12). The van der Waals surface area contributed by atoms with E-state index in [0.717, 1.165) is 11.6 Å². The largest absolute Gasteiger partial charge is 0.374 e.